The Morgan fingerprint density at radius 3 is 2.21 bits per heavy atom. The van der Waals surface area contributed by atoms with E-state index in [-0.39, 0.29) is 11.8 Å². The maximum absolute atomic E-state index is 11.5. The van der Waals surface area contributed by atoms with E-state index in [1.807, 2.05) is 0 Å². The van der Waals surface area contributed by atoms with E-state index in [4.69, 9.17) is 11.6 Å². The molecule has 1 aliphatic heterocycles. The van der Waals surface area contributed by atoms with Crippen LogP contribution in [0.4, 0.5) is 0 Å². The van der Waals surface area contributed by atoms with Gasteiger partial charge in [0, 0.05) is 25.3 Å². The Bertz CT molecular complexity index is 233. The van der Waals surface area contributed by atoms with Crippen molar-refractivity contribution in [3.05, 3.63) is 12.2 Å². The predicted molar refractivity (Wildman–Crippen MR) is 55.0 cm³/mol. The van der Waals surface area contributed by atoms with Gasteiger partial charge in [0.2, 0.25) is 11.8 Å². The van der Waals surface area contributed by atoms with E-state index in [1.165, 1.54) is 4.90 Å². The monoisotopic (exact) mass is 215 g/mol. The lowest BCUT2D eigenvalue weighted by Crippen LogP contribution is -2.35. The smallest absolute Gasteiger partial charge is 0.229 e. The highest BCUT2D eigenvalue weighted by atomic mass is 35.5. The summed E-state index contributed by atoms with van der Waals surface area (Å²) in [5, 5.41) is 0. The van der Waals surface area contributed by atoms with Crippen molar-refractivity contribution >= 4 is 23.4 Å². The van der Waals surface area contributed by atoms with E-state index in [0.29, 0.717) is 25.3 Å². The van der Waals surface area contributed by atoms with E-state index in [0.717, 1.165) is 12.8 Å². The van der Waals surface area contributed by atoms with Crippen molar-refractivity contribution < 1.29 is 9.59 Å². The van der Waals surface area contributed by atoms with Gasteiger partial charge >= 0.3 is 0 Å². The number of carbonyl (C=O) groups excluding carboxylic acids is 2. The van der Waals surface area contributed by atoms with Crippen LogP contribution in [-0.2, 0) is 9.59 Å². The molecular weight excluding hydrogens is 202 g/mol. The third-order valence-electron chi connectivity index (χ3n) is 2.18. The number of hydrogen-bond donors (Lipinski definition) is 0. The maximum Gasteiger partial charge on any atom is 0.229 e. The van der Waals surface area contributed by atoms with E-state index in [9.17, 15) is 9.59 Å². The molecule has 0 unspecified atom stereocenters. The highest BCUT2D eigenvalue weighted by Gasteiger charge is 2.22. The van der Waals surface area contributed by atoms with Crippen LogP contribution in [0.5, 0.6) is 0 Å². The first-order chi connectivity index (χ1) is 6.75. The highest BCUT2D eigenvalue weighted by molar-refractivity contribution is 6.18. The van der Waals surface area contributed by atoms with E-state index < -0.39 is 0 Å². The molecule has 0 atom stereocenters. The molecule has 0 aliphatic carbocycles. The fourth-order valence-corrected chi connectivity index (χ4v) is 1.53. The highest BCUT2D eigenvalue weighted by Crippen LogP contribution is 2.12. The summed E-state index contributed by atoms with van der Waals surface area (Å²) in [7, 11) is 0. The first kappa shape index (κ1) is 11.2. The quantitative estimate of drug-likeness (QED) is 0.408. The van der Waals surface area contributed by atoms with Crippen molar-refractivity contribution in [2.24, 2.45) is 0 Å². The van der Waals surface area contributed by atoms with Crippen molar-refractivity contribution in [1.29, 1.82) is 0 Å². The van der Waals surface area contributed by atoms with Gasteiger partial charge in [-0.15, -0.1) is 11.6 Å². The van der Waals surface area contributed by atoms with Crippen LogP contribution in [0.25, 0.3) is 0 Å². The minimum Gasteiger partial charge on any atom is -0.279 e. The Morgan fingerprint density at radius 1 is 1.14 bits per heavy atom. The van der Waals surface area contributed by atoms with Crippen molar-refractivity contribution in [3.8, 4) is 0 Å². The molecule has 0 bridgehead atoms. The van der Waals surface area contributed by atoms with Crippen LogP contribution in [0.3, 0.4) is 0 Å². The molecule has 1 saturated heterocycles. The molecule has 0 N–H and O–H groups in total. The lowest BCUT2D eigenvalue weighted by atomic mass is 10.2. The summed E-state index contributed by atoms with van der Waals surface area (Å²) in [6.07, 6.45) is 6.11. The number of halogens is 1. The molecule has 14 heavy (non-hydrogen) atoms. The predicted octanol–water partition coefficient (Wildman–Crippen LogP) is 1.71. The molecule has 0 spiro atoms. The molecular formula is C10H14ClNO2. The Hall–Kier alpha value is -0.830. The Morgan fingerprint density at radius 2 is 1.71 bits per heavy atom. The minimum absolute atomic E-state index is 0.0632. The van der Waals surface area contributed by atoms with Gasteiger partial charge in [-0.2, -0.15) is 0 Å². The third-order valence-corrected chi connectivity index (χ3v) is 2.36. The number of amides is 2. The fourth-order valence-electron chi connectivity index (χ4n) is 1.41. The zero-order valence-electron chi connectivity index (χ0n) is 8.04. The van der Waals surface area contributed by atoms with Gasteiger partial charge in [0.05, 0.1) is 0 Å². The first-order valence-corrected chi connectivity index (χ1v) is 5.33. The summed E-state index contributed by atoms with van der Waals surface area (Å²) in [5.74, 6) is 0.286. The van der Waals surface area contributed by atoms with Gasteiger partial charge in [-0.1, -0.05) is 12.2 Å². The number of nitrogens with zero attached hydrogens (tertiary/aromatic N) is 1. The number of allylic oxidation sites excluding steroid dienone is 1. The summed E-state index contributed by atoms with van der Waals surface area (Å²) in [4.78, 5) is 24.2. The maximum atomic E-state index is 11.5. The Labute approximate surface area is 88.7 Å². The van der Waals surface area contributed by atoms with Crippen molar-refractivity contribution in [1.82, 2.24) is 4.90 Å². The Kier molecular flexibility index (Phi) is 4.66. The zero-order chi connectivity index (χ0) is 10.4. The Balaban J connectivity index is 2.56. The number of alkyl halides is 1. The van der Waals surface area contributed by atoms with Crippen LogP contribution in [0.1, 0.15) is 25.7 Å². The molecule has 0 aromatic heterocycles. The SMILES string of the molecule is O=C1CCCCC(=O)N1C/C=C/CCl. The normalized spacial score (nSPS) is 19.1. The summed E-state index contributed by atoms with van der Waals surface area (Å²) >= 11 is 5.45. The van der Waals surface area contributed by atoms with Crippen molar-refractivity contribution in [2.45, 2.75) is 25.7 Å². The van der Waals surface area contributed by atoms with Gasteiger partial charge in [0.25, 0.3) is 0 Å². The van der Waals surface area contributed by atoms with Crippen LogP contribution in [0.15, 0.2) is 12.2 Å². The molecule has 1 rings (SSSR count). The van der Waals surface area contributed by atoms with Crippen LogP contribution >= 0.6 is 11.6 Å². The van der Waals surface area contributed by atoms with Crippen LogP contribution in [-0.4, -0.2) is 29.1 Å². The lowest BCUT2D eigenvalue weighted by Gasteiger charge is -2.15. The molecule has 0 aromatic rings. The molecule has 78 valence electrons. The molecule has 1 fully saturated rings. The average Bonchev–Trinajstić information content (AvgIpc) is 2.32. The number of rotatable bonds is 3. The standard InChI is InChI=1S/C10H14ClNO2/c11-7-3-4-8-12-9(13)5-1-2-6-10(12)14/h3-4H,1-2,5-8H2/b4-3+. The molecule has 1 aliphatic rings. The third kappa shape index (κ3) is 3.14. The summed E-state index contributed by atoms with van der Waals surface area (Å²) in [6, 6.07) is 0. The van der Waals surface area contributed by atoms with Crippen molar-refractivity contribution in [2.75, 3.05) is 12.4 Å². The van der Waals surface area contributed by atoms with Gasteiger partial charge < -0.3 is 0 Å². The van der Waals surface area contributed by atoms with Crippen LogP contribution in [0.2, 0.25) is 0 Å². The largest absolute Gasteiger partial charge is 0.279 e. The van der Waals surface area contributed by atoms with Crippen LogP contribution < -0.4 is 0 Å². The van der Waals surface area contributed by atoms with Gasteiger partial charge in [-0.3, -0.25) is 14.5 Å². The molecule has 0 saturated carbocycles. The zero-order valence-corrected chi connectivity index (χ0v) is 8.79. The first-order valence-electron chi connectivity index (χ1n) is 4.80. The van der Waals surface area contributed by atoms with Crippen molar-refractivity contribution in [3.63, 3.8) is 0 Å². The lowest BCUT2D eigenvalue weighted by molar-refractivity contribution is -0.143. The van der Waals surface area contributed by atoms with Gasteiger partial charge in [-0.25, -0.2) is 0 Å². The molecule has 2 amide bonds. The number of hydrogen-bond acceptors (Lipinski definition) is 2. The second kappa shape index (κ2) is 5.81. The number of likely N-dealkylation sites (tertiary alicyclic amines) is 1. The number of imide groups is 1. The number of carbonyl (C=O) groups is 2. The second-order valence-electron chi connectivity index (χ2n) is 3.23. The van der Waals surface area contributed by atoms with E-state index in [1.54, 1.807) is 12.2 Å². The average molecular weight is 216 g/mol. The molecule has 1 heterocycles. The fraction of sp³-hybridized carbons (Fsp3) is 0.600. The molecule has 4 heteroatoms. The second-order valence-corrected chi connectivity index (χ2v) is 3.54. The van der Waals surface area contributed by atoms with Gasteiger partial charge in [-0.05, 0) is 12.8 Å². The van der Waals surface area contributed by atoms with Gasteiger partial charge in [0.1, 0.15) is 0 Å². The molecule has 3 nitrogen and oxygen atoms in total. The summed E-state index contributed by atoms with van der Waals surface area (Å²) in [6.45, 7) is 0.365. The van der Waals surface area contributed by atoms with E-state index >= 15 is 0 Å². The van der Waals surface area contributed by atoms with Gasteiger partial charge in [0.15, 0.2) is 0 Å². The summed E-state index contributed by atoms with van der Waals surface area (Å²) < 4.78 is 0. The topological polar surface area (TPSA) is 37.4 Å². The van der Waals surface area contributed by atoms with Crippen LogP contribution in [0, 0.1) is 0 Å². The van der Waals surface area contributed by atoms with E-state index in [2.05, 4.69) is 0 Å². The molecule has 0 aromatic carbocycles. The molecule has 0 radical (unpaired) electrons. The summed E-state index contributed by atoms with van der Waals surface area (Å²) in [5.41, 5.74) is 0. The minimum atomic E-state index is -0.0632.